The summed E-state index contributed by atoms with van der Waals surface area (Å²) in [5, 5.41) is 5.76. The fraction of sp³-hybridized carbons (Fsp3) is 0.588. The van der Waals surface area contributed by atoms with Gasteiger partial charge in [0.2, 0.25) is 0 Å². The van der Waals surface area contributed by atoms with Gasteiger partial charge in [-0.05, 0) is 38.8 Å². The average molecular weight is 328 g/mol. The highest BCUT2D eigenvalue weighted by molar-refractivity contribution is 5.67. The number of halogens is 2. The van der Waals surface area contributed by atoms with E-state index in [4.69, 9.17) is 4.74 Å². The molecule has 0 saturated heterocycles. The van der Waals surface area contributed by atoms with E-state index in [1.54, 1.807) is 20.8 Å². The molecule has 6 heteroatoms. The molecule has 1 unspecified atom stereocenters. The van der Waals surface area contributed by atoms with Crippen molar-refractivity contribution in [3.05, 3.63) is 35.4 Å². The fourth-order valence-corrected chi connectivity index (χ4v) is 1.99. The first-order valence-corrected chi connectivity index (χ1v) is 7.73. The molecule has 130 valence electrons. The Morgan fingerprint density at radius 2 is 1.78 bits per heavy atom. The molecule has 0 heterocycles. The van der Waals surface area contributed by atoms with Gasteiger partial charge in [0.1, 0.15) is 17.2 Å². The van der Waals surface area contributed by atoms with Crippen molar-refractivity contribution in [1.82, 2.24) is 10.6 Å². The minimum absolute atomic E-state index is 0.00424. The lowest BCUT2D eigenvalue weighted by molar-refractivity contribution is 0.0519. The number of nitrogens with one attached hydrogen (secondary N) is 2. The van der Waals surface area contributed by atoms with Crippen LogP contribution in [0, 0.1) is 17.6 Å². The van der Waals surface area contributed by atoms with Crippen molar-refractivity contribution in [2.24, 2.45) is 5.92 Å². The molecule has 0 fully saturated rings. The number of benzene rings is 1. The van der Waals surface area contributed by atoms with E-state index in [1.165, 1.54) is 18.2 Å². The first-order valence-electron chi connectivity index (χ1n) is 7.73. The first-order chi connectivity index (χ1) is 10.6. The van der Waals surface area contributed by atoms with Gasteiger partial charge in [-0.15, -0.1) is 0 Å². The van der Waals surface area contributed by atoms with Crippen LogP contribution in [0.25, 0.3) is 0 Å². The highest BCUT2D eigenvalue weighted by atomic mass is 19.1. The zero-order chi connectivity index (χ0) is 17.6. The highest BCUT2D eigenvalue weighted by Gasteiger charge is 2.19. The van der Waals surface area contributed by atoms with E-state index in [-0.39, 0.29) is 24.1 Å². The minimum Gasteiger partial charge on any atom is -0.444 e. The maximum atomic E-state index is 13.6. The van der Waals surface area contributed by atoms with E-state index in [9.17, 15) is 13.6 Å². The van der Waals surface area contributed by atoms with Crippen LogP contribution in [0.5, 0.6) is 0 Å². The number of amides is 1. The second kappa shape index (κ2) is 8.24. The van der Waals surface area contributed by atoms with Crippen LogP contribution >= 0.6 is 0 Å². The molecule has 0 aliphatic heterocycles. The fourth-order valence-electron chi connectivity index (χ4n) is 1.99. The summed E-state index contributed by atoms with van der Waals surface area (Å²) in [6.07, 6.45) is -0.512. The van der Waals surface area contributed by atoms with Crippen LogP contribution in [-0.2, 0) is 11.3 Å². The summed E-state index contributed by atoms with van der Waals surface area (Å²) >= 11 is 0. The standard InChI is InChI=1S/C17H26F2N2O2/c1-11(2)15(10-21-16(22)23-17(3,4)5)20-9-12-13(18)7-6-8-14(12)19/h6-8,11,15,20H,9-10H2,1-5H3,(H,21,22). The summed E-state index contributed by atoms with van der Waals surface area (Å²) in [6.45, 7) is 9.64. The van der Waals surface area contributed by atoms with E-state index < -0.39 is 23.3 Å². The number of hydrogen-bond acceptors (Lipinski definition) is 3. The number of carbonyl (C=O) groups excluding carboxylic acids is 1. The number of alkyl carbamates (subject to hydrolysis) is 1. The van der Waals surface area contributed by atoms with E-state index in [0.717, 1.165) is 0 Å². The molecule has 0 bridgehead atoms. The molecule has 23 heavy (non-hydrogen) atoms. The van der Waals surface area contributed by atoms with Crippen molar-refractivity contribution in [2.45, 2.75) is 52.8 Å². The van der Waals surface area contributed by atoms with Crippen LogP contribution in [0.3, 0.4) is 0 Å². The lowest BCUT2D eigenvalue weighted by Crippen LogP contribution is -2.45. The Balaban J connectivity index is 2.58. The van der Waals surface area contributed by atoms with Crippen LogP contribution in [0.2, 0.25) is 0 Å². The summed E-state index contributed by atoms with van der Waals surface area (Å²) < 4.78 is 32.4. The Morgan fingerprint density at radius 3 is 2.26 bits per heavy atom. The smallest absolute Gasteiger partial charge is 0.407 e. The molecule has 0 radical (unpaired) electrons. The van der Waals surface area contributed by atoms with Gasteiger partial charge in [0.15, 0.2) is 0 Å². The van der Waals surface area contributed by atoms with Crippen LogP contribution in [0.4, 0.5) is 13.6 Å². The van der Waals surface area contributed by atoms with Crippen molar-refractivity contribution in [2.75, 3.05) is 6.54 Å². The molecular weight excluding hydrogens is 302 g/mol. The molecule has 0 saturated carbocycles. The monoisotopic (exact) mass is 328 g/mol. The summed E-state index contributed by atoms with van der Waals surface area (Å²) in [6, 6.07) is 3.65. The predicted molar refractivity (Wildman–Crippen MR) is 86.1 cm³/mol. The Bertz CT molecular complexity index is 508. The molecule has 0 spiro atoms. The highest BCUT2D eigenvalue weighted by Crippen LogP contribution is 2.13. The van der Waals surface area contributed by atoms with Crippen molar-refractivity contribution in [3.63, 3.8) is 0 Å². The minimum atomic E-state index is -0.583. The van der Waals surface area contributed by atoms with E-state index in [1.807, 2.05) is 13.8 Å². The largest absolute Gasteiger partial charge is 0.444 e. The van der Waals surface area contributed by atoms with Crippen molar-refractivity contribution >= 4 is 6.09 Å². The molecule has 1 aromatic rings. The quantitative estimate of drug-likeness (QED) is 0.839. The van der Waals surface area contributed by atoms with Crippen molar-refractivity contribution in [1.29, 1.82) is 0 Å². The third-order valence-corrected chi connectivity index (χ3v) is 3.27. The molecule has 0 aliphatic carbocycles. The van der Waals surface area contributed by atoms with E-state index >= 15 is 0 Å². The molecule has 0 aromatic heterocycles. The van der Waals surface area contributed by atoms with Crippen LogP contribution in [0.1, 0.15) is 40.2 Å². The first kappa shape index (κ1) is 19.4. The zero-order valence-electron chi connectivity index (χ0n) is 14.4. The van der Waals surface area contributed by atoms with Crippen LogP contribution in [0.15, 0.2) is 18.2 Å². The lowest BCUT2D eigenvalue weighted by atomic mass is 10.0. The van der Waals surface area contributed by atoms with Crippen LogP contribution < -0.4 is 10.6 Å². The second-order valence-corrected chi connectivity index (χ2v) is 6.81. The van der Waals surface area contributed by atoms with Gasteiger partial charge in [0.05, 0.1) is 0 Å². The maximum absolute atomic E-state index is 13.6. The van der Waals surface area contributed by atoms with E-state index in [0.29, 0.717) is 6.54 Å². The molecular formula is C17H26F2N2O2. The summed E-state index contributed by atoms with van der Waals surface area (Å²) in [7, 11) is 0. The molecule has 1 atom stereocenters. The molecule has 1 rings (SSSR count). The Kier molecular flexibility index (Phi) is 6.94. The lowest BCUT2D eigenvalue weighted by Gasteiger charge is -2.25. The molecule has 1 aromatic carbocycles. The van der Waals surface area contributed by atoms with Gasteiger partial charge in [0.25, 0.3) is 0 Å². The average Bonchev–Trinajstić information content (AvgIpc) is 2.38. The summed E-state index contributed by atoms with van der Waals surface area (Å²) in [5.74, 6) is -1.00. The second-order valence-electron chi connectivity index (χ2n) is 6.81. The molecule has 2 N–H and O–H groups in total. The predicted octanol–water partition coefficient (Wildman–Crippen LogP) is 3.60. The number of hydrogen-bond donors (Lipinski definition) is 2. The third kappa shape index (κ3) is 6.95. The summed E-state index contributed by atoms with van der Waals surface area (Å²) in [5.41, 5.74) is -0.573. The van der Waals surface area contributed by atoms with Gasteiger partial charge in [-0.1, -0.05) is 19.9 Å². The normalized spacial score (nSPS) is 13.0. The van der Waals surface area contributed by atoms with Crippen LogP contribution in [-0.4, -0.2) is 24.3 Å². The zero-order valence-corrected chi connectivity index (χ0v) is 14.4. The molecule has 0 aliphatic rings. The van der Waals surface area contributed by atoms with E-state index in [2.05, 4.69) is 10.6 Å². The molecule has 1 amide bonds. The van der Waals surface area contributed by atoms with Crippen molar-refractivity contribution < 1.29 is 18.3 Å². The van der Waals surface area contributed by atoms with Gasteiger partial charge in [0, 0.05) is 24.7 Å². The molecule has 4 nitrogen and oxygen atoms in total. The number of ether oxygens (including phenoxy) is 1. The maximum Gasteiger partial charge on any atom is 0.407 e. The van der Waals surface area contributed by atoms with Gasteiger partial charge >= 0.3 is 6.09 Å². The topological polar surface area (TPSA) is 50.4 Å². The van der Waals surface area contributed by atoms with Gasteiger partial charge < -0.3 is 15.4 Å². The summed E-state index contributed by atoms with van der Waals surface area (Å²) in [4.78, 5) is 11.7. The van der Waals surface area contributed by atoms with Crippen molar-refractivity contribution in [3.8, 4) is 0 Å². The van der Waals surface area contributed by atoms with Gasteiger partial charge in [-0.2, -0.15) is 0 Å². The van der Waals surface area contributed by atoms with Gasteiger partial charge in [-0.25, -0.2) is 13.6 Å². The Hall–Kier alpha value is -1.69. The number of carbonyl (C=O) groups is 1. The number of rotatable bonds is 6. The van der Waals surface area contributed by atoms with Gasteiger partial charge in [-0.3, -0.25) is 0 Å². The SMILES string of the molecule is CC(C)C(CNC(=O)OC(C)(C)C)NCc1c(F)cccc1F. The Labute approximate surface area is 136 Å². The third-order valence-electron chi connectivity index (χ3n) is 3.27. The Morgan fingerprint density at radius 1 is 1.22 bits per heavy atom.